The summed E-state index contributed by atoms with van der Waals surface area (Å²) in [5.74, 6) is 2.37. The molecule has 0 saturated heterocycles. The number of halogens is 1. The molecule has 0 atom stereocenters. The lowest BCUT2D eigenvalue weighted by Gasteiger charge is -2.19. The third kappa shape index (κ3) is 4.39. The Kier molecular flexibility index (Phi) is 5.61. The van der Waals surface area contributed by atoms with Crippen molar-refractivity contribution < 1.29 is 27.4 Å². The normalized spacial score (nSPS) is 12.9. The van der Waals surface area contributed by atoms with Gasteiger partial charge in [-0.3, -0.25) is 4.72 Å². The van der Waals surface area contributed by atoms with Crippen LogP contribution in [0.4, 0.5) is 5.69 Å². The maximum absolute atomic E-state index is 13.0. The first-order valence-corrected chi connectivity index (χ1v) is 10.8. The van der Waals surface area contributed by atoms with Gasteiger partial charge in [0.25, 0.3) is 10.0 Å². The quantitative estimate of drug-likeness (QED) is 0.589. The fraction of sp³-hybridized carbons (Fsp3) is 0.143. The summed E-state index contributed by atoms with van der Waals surface area (Å²) >= 11 is 6.09. The smallest absolute Gasteiger partial charge is 0.262 e. The first-order valence-electron chi connectivity index (χ1n) is 8.98. The van der Waals surface area contributed by atoms with Gasteiger partial charge in [-0.15, -0.1) is 0 Å². The maximum Gasteiger partial charge on any atom is 0.262 e. The Labute approximate surface area is 179 Å². The van der Waals surface area contributed by atoms with Crippen LogP contribution in [0.15, 0.2) is 65.6 Å². The van der Waals surface area contributed by atoms with Gasteiger partial charge in [-0.05, 0) is 54.6 Å². The molecule has 0 amide bonds. The summed E-state index contributed by atoms with van der Waals surface area (Å²) in [6, 6.07) is 16.0. The van der Waals surface area contributed by atoms with E-state index < -0.39 is 10.0 Å². The minimum Gasteiger partial charge on any atom is -0.497 e. The molecule has 0 unspecified atom stereocenters. The van der Waals surface area contributed by atoms with Crippen molar-refractivity contribution in [3.8, 4) is 28.7 Å². The zero-order valence-corrected chi connectivity index (χ0v) is 17.5. The summed E-state index contributed by atoms with van der Waals surface area (Å²) in [4.78, 5) is 0.0297. The molecule has 3 aromatic carbocycles. The van der Waals surface area contributed by atoms with Gasteiger partial charge < -0.3 is 18.9 Å². The Hall–Kier alpha value is -3.10. The molecule has 0 aliphatic carbocycles. The van der Waals surface area contributed by atoms with E-state index >= 15 is 0 Å². The Morgan fingerprint density at radius 2 is 1.60 bits per heavy atom. The summed E-state index contributed by atoms with van der Waals surface area (Å²) in [6.07, 6.45) is 0. The molecule has 1 heterocycles. The van der Waals surface area contributed by atoms with Crippen LogP contribution in [-0.2, 0) is 10.0 Å². The van der Waals surface area contributed by atoms with Gasteiger partial charge in [0.1, 0.15) is 24.7 Å². The van der Waals surface area contributed by atoms with Gasteiger partial charge in [0.05, 0.1) is 17.7 Å². The summed E-state index contributed by atoms with van der Waals surface area (Å²) in [5.41, 5.74) is 0.202. The van der Waals surface area contributed by atoms with Crippen LogP contribution in [0.1, 0.15) is 0 Å². The van der Waals surface area contributed by atoms with Crippen molar-refractivity contribution in [3.05, 3.63) is 65.7 Å². The van der Waals surface area contributed by atoms with Crippen LogP contribution in [0.2, 0.25) is 5.02 Å². The molecule has 7 nitrogen and oxygen atoms in total. The predicted octanol–water partition coefficient (Wildman–Crippen LogP) is 4.71. The third-order valence-corrected chi connectivity index (χ3v) is 5.90. The number of sulfonamides is 1. The largest absolute Gasteiger partial charge is 0.497 e. The van der Waals surface area contributed by atoms with E-state index in [4.69, 9.17) is 30.5 Å². The standard InChI is InChI=1S/C21H18ClNO6S/c1-26-15-3-5-16(6-4-15)29-19-8-2-14(22)12-18(19)23-30(24,25)17-7-9-20-21(13-17)28-11-10-27-20/h2-9,12-13,23H,10-11H2,1H3. The molecule has 0 aromatic heterocycles. The number of benzene rings is 3. The van der Waals surface area contributed by atoms with E-state index in [2.05, 4.69) is 4.72 Å². The lowest BCUT2D eigenvalue weighted by Crippen LogP contribution is -2.17. The average molecular weight is 448 g/mol. The maximum atomic E-state index is 13.0. The second kappa shape index (κ2) is 8.33. The predicted molar refractivity (Wildman–Crippen MR) is 113 cm³/mol. The van der Waals surface area contributed by atoms with Gasteiger partial charge in [0, 0.05) is 11.1 Å². The van der Waals surface area contributed by atoms with Gasteiger partial charge in [-0.1, -0.05) is 11.6 Å². The van der Waals surface area contributed by atoms with Crippen LogP contribution < -0.4 is 23.7 Å². The first kappa shape index (κ1) is 20.2. The van der Waals surface area contributed by atoms with Crippen LogP contribution in [-0.4, -0.2) is 28.7 Å². The molecule has 30 heavy (non-hydrogen) atoms. The highest BCUT2D eigenvalue weighted by molar-refractivity contribution is 7.92. The topological polar surface area (TPSA) is 83.1 Å². The van der Waals surface area contributed by atoms with E-state index in [0.29, 0.717) is 47.0 Å². The van der Waals surface area contributed by atoms with Crippen LogP contribution in [0.25, 0.3) is 0 Å². The van der Waals surface area contributed by atoms with Crippen molar-refractivity contribution >= 4 is 27.3 Å². The molecule has 0 spiro atoms. The van der Waals surface area contributed by atoms with Crippen molar-refractivity contribution in [2.75, 3.05) is 25.0 Å². The molecular weight excluding hydrogens is 430 g/mol. The van der Waals surface area contributed by atoms with E-state index in [9.17, 15) is 8.42 Å². The summed E-state index contributed by atoms with van der Waals surface area (Å²) < 4.78 is 50.4. The highest BCUT2D eigenvalue weighted by atomic mass is 35.5. The monoisotopic (exact) mass is 447 g/mol. The van der Waals surface area contributed by atoms with E-state index in [0.717, 1.165) is 0 Å². The average Bonchev–Trinajstić information content (AvgIpc) is 2.75. The second-order valence-corrected chi connectivity index (χ2v) is 8.45. The lowest BCUT2D eigenvalue weighted by atomic mass is 10.3. The lowest BCUT2D eigenvalue weighted by molar-refractivity contribution is 0.171. The van der Waals surface area contributed by atoms with Gasteiger partial charge in [0.2, 0.25) is 0 Å². The number of nitrogens with one attached hydrogen (secondary N) is 1. The zero-order chi connectivity index (χ0) is 21.1. The van der Waals surface area contributed by atoms with Crippen molar-refractivity contribution in [2.45, 2.75) is 4.90 Å². The molecule has 3 aromatic rings. The van der Waals surface area contributed by atoms with Crippen molar-refractivity contribution in [2.24, 2.45) is 0 Å². The minimum absolute atomic E-state index is 0.0297. The number of fused-ring (bicyclic) bond motifs is 1. The van der Waals surface area contributed by atoms with Crippen LogP contribution >= 0.6 is 11.6 Å². The first-order chi connectivity index (χ1) is 14.4. The Morgan fingerprint density at radius 3 is 2.33 bits per heavy atom. The number of rotatable bonds is 6. The number of ether oxygens (including phenoxy) is 4. The van der Waals surface area contributed by atoms with Crippen molar-refractivity contribution in [3.63, 3.8) is 0 Å². The Bertz CT molecular complexity index is 1160. The molecule has 0 fully saturated rings. The van der Waals surface area contributed by atoms with Crippen LogP contribution in [0.3, 0.4) is 0 Å². The molecule has 0 radical (unpaired) electrons. The Balaban J connectivity index is 1.62. The minimum atomic E-state index is -3.93. The molecule has 0 saturated carbocycles. The fourth-order valence-corrected chi connectivity index (χ4v) is 4.08. The van der Waals surface area contributed by atoms with E-state index in [1.165, 1.54) is 18.2 Å². The molecule has 1 aliphatic rings. The van der Waals surface area contributed by atoms with E-state index in [1.807, 2.05) is 0 Å². The van der Waals surface area contributed by atoms with Gasteiger partial charge in [0.15, 0.2) is 17.2 Å². The highest BCUT2D eigenvalue weighted by Gasteiger charge is 2.21. The molecule has 9 heteroatoms. The second-order valence-electron chi connectivity index (χ2n) is 6.33. The molecule has 0 bridgehead atoms. The number of anilines is 1. The van der Waals surface area contributed by atoms with E-state index in [1.54, 1.807) is 49.6 Å². The van der Waals surface area contributed by atoms with Crippen LogP contribution in [0.5, 0.6) is 28.7 Å². The number of hydrogen-bond acceptors (Lipinski definition) is 6. The van der Waals surface area contributed by atoms with Crippen molar-refractivity contribution in [1.82, 2.24) is 0 Å². The summed E-state index contributed by atoms with van der Waals surface area (Å²) in [7, 11) is -2.36. The molecule has 1 N–H and O–H groups in total. The van der Waals surface area contributed by atoms with Gasteiger partial charge in [-0.2, -0.15) is 0 Å². The number of methoxy groups -OCH3 is 1. The Morgan fingerprint density at radius 1 is 0.900 bits per heavy atom. The van der Waals surface area contributed by atoms with Gasteiger partial charge in [-0.25, -0.2) is 8.42 Å². The highest BCUT2D eigenvalue weighted by Crippen LogP contribution is 2.36. The summed E-state index contributed by atoms with van der Waals surface area (Å²) in [5, 5.41) is 0.358. The summed E-state index contributed by atoms with van der Waals surface area (Å²) in [6.45, 7) is 0.782. The van der Waals surface area contributed by atoms with Crippen LogP contribution in [0, 0.1) is 0 Å². The zero-order valence-electron chi connectivity index (χ0n) is 15.9. The van der Waals surface area contributed by atoms with E-state index in [-0.39, 0.29) is 10.6 Å². The fourth-order valence-electron chi connectivity index (χ4n) is 2.84. The molecule has 156 valence electrons. The SMILES string of the molecule is COc1ccc(Oc2ccc(Cl)cc2NS(=O)(=O)c2ccc3c(c2)OCCO3)cc1. The third-order valence-electron chi connectivity index (χ3n) is 4.30. The van der Waals surface area contributed by atoms with Gasteiger partial charge >= 0.3 is 0 Å². The molecular formula is C21H18ClNO6S. The number of hydrogen-bond donors (Lipinski definition) is 1. The molecule has 1 aliphatic heterocycles. The molecule has 4 rings (SSSR count). The van der Waals surface area contributed by atoms with Crippen molar-refractivity contribution in [1.29, 1.82) is 0 Å².